The number of benzene rings is 1. The van der Waals surface area contributed by atoms with Gasteiger partial charge in [-0.2, -0.15) is 18.5 Å². The Kier molecular flexibility index (Phi) is 8.31. The van der Waals surface area contributed by atoms with E-state index in [0.29, 0.717) is 23.4 Å². The highest BCUT2D eigenvalue weighted by Gasteiger charge is 2.23. The van der Waals surface area contributed by atoms with Crippen molar-refractivity contribution in [2.24, 2.45) is 0 Å². The summed E-state index contributed by atoms with van der Waals surface area (Å²) in [5.74, 6) is 1.75. The lowest BCUT2D eigenvalue weighted by Gasteiger charge is -2.33. The van der Waals surface area contributed by atoms with Crippen LogP contribution < -0.4 is 15.0 Å². The van der Waals surface area contributed by atoms with Crippen LogP contribution in [-0.4, -0.2) is 40.7 Å². The van der Waals surface area contributed by atoms with Crippen molar-refractivity contribution in [3.05, 3.63) is 43.9 Å². The van der Waals surface area contributed by atoms with Crippen LogP contribution in [0.2, 0.25) is 5.15 Å². The molecule has 0 aliphatic carbocycles. The maximum absolute atomic E-state index is 5.99. The lowest BCUT2D eigenvalue weighted by Crippen LogP contribution is -2.46. The number of fused-ring (bicyclic) bond motifs is 1. The second-order valence-corrected chi connectivity index (χ2v) is 9.20. The highest BCUT2D eigenvalue weighted by molar-refractivity contribution is 9.11. The Balaban J connectivity index is 0.00000256. The van der Waals surface area contributed by atoms with E-state index in [1.807, 2.05) is 19.1 Å². The summed E-state index contributed by atoms with van der Waals surface area (Å²) < 4.78 is 7.84. The molecule has 0 amide bonds. The molecule has 0 unspecified atom stereocenters. The van der Waals surface area contributed by atoms with Crippen LogP contribution in [0.5, 0.6) is 5.75 Å². The van der Waals surface area contributed by atoms with Gasteiger partial charge < -0.3 is 19.9 Å². The van der Waals surface area contributed by atoms with Crippen LogP contribution in [0.15, 0.2) is 33.2 Å². The molecule has 162 valence electrons. The summed E-state index contributed by atoms with van der Waals surface area (Å²) in [6.45, 7) is 5.23. The zero-order valence-corrected chi connectivity index (χ0v) is 21.4. The van der Waals surface area contributed by atoms with Crippen molar-refractivity contribution >= 4 is 74.1 Å². The number of nitrogens with one attached hydrogen (secondary N) is 2. The van der Waals surface area contributed by atoms with E-state index in [4.69, 9.17) is 16.3 Å². The Hall–Kier alpha value is -1.00. The molecule has 0 saturated carbocycles. The molecule has 1 atom stereocenters. The largest absolute Gasteiger partial charge is 0.492 e. The number of H-pyrrole nitrogens is 1. The van der Waals surface area contributed by atoms with Crippen molar-refractivity contribution in [2.75, 3.05) is 24.6 Å². The fraction of sp³-hybridized carbons (Fsp3) is 0.400. The number of ether oxygens (including phenoxy) is 1. The van der Waals surface area contributed by atoms with Gasteiger partial charge in [-0.25, -0.2) is 4.98 Å². The van der Waals surface area contributed by atoms with Gasteiger partial charge in [0, 0.05) is 35.7 Å². The molecular weight excluding hydrogens is 554 g/mol. The Morgan fingerprint density at radius 3 is 2.93 bits per heavy atom. The van der Waals surface area contributed by atoms with Crippen molar-refractivity contribution in [3.8, 4) is 5.75 Å². The molecule has 0 bridgehead atoms. The van der Waals surface area contributed by atoms with Gasteiger partial charge in [-0.1, -0.05) is 27.5 Å². The summed E-state index contributed by atoms with van der Waals surface area (Å²) in [7, 11) is 0. The molecule has 10 heteroatoms. The van der Waals surface area contributed by atoms with Gasteiger partial charge in [0.15, 0.2) is 5.65 Å². The van der Waals surface area contributed by atoms with Gasteiger partial charge in [0.25, 0.3) is 0 Å². The molecule has 6 nitrogen and oxygen atoms in total. The molecule has 2 aromatic heterocycles. The van der Waals surface area contributed by atoms with Crippen LogP contribution in [0, 0.1) is 0 Å². The highest BCUT2D eigenvalue weighted by atomic mass is 79.9. The lowest BCUT2D eigenvalue weighted by molar-refractivity contribution is 0.331. The van der Waals surface area contributed by atoms with Crippen molar-refractivity contribution in [1.82, 2.24) is 20.3 Å². The van der Waals surface area contributed by atoms with Gasteiger partial charge in [0.2, 0.25) is 5.95 Å². The van der Waals surface area contributed by atoms with Crippen molar-refractivity contribution < 1.29 is 4.74 Å². The van der Waals surface area contributed by atoms with Crippen LogP contribution in [0.1, 0.15) is 25.3 Å². The van der Waals surface area contributed by atoms with Gasteiger partial charge >= 0.3 is 0 Å². The van der Waals surface area contributed by atoms with Gasteiger partial charge in [-0.15, -0.1) is 0 Å². The first kappa shape index (κ1) is 23.7. The van der Waals surface area contributed by atoms with Crippen LogP contribution in [-0.2, 0) is 6.54 Å². The predicted octanol–water partition coefficient (Wildman–Crippen LogP) is 5.41. The summed E-state index contributed by atoms with van der Waals surface area (Å²) >= 11 is 13.2. The van der Waals surface area contributed by atoms with E-state index in [1.54, 1.807) is 6.07 Å². The van der Waals surface area contributed by atoms with E-state index in [9.17, 15) is 0 Å². The van der Waals surface area contributed by atoms with Crippen LogP contribution in [0.3, 0.4) is 0 Å². The first-order valence-electron chi connectivity index (χ1n) is 9.65. The fourth-order valence-electron chi connectivity index (χ4n) is 3.65. The minimum Gasteiger partial charge on any atom is -0.492 e. The Morgan fingerprint density at radius 1 is 1.30 bits per heavy atom. The van der Waals surface area contributed by atoms with Crippen molar-refractivity contribution in [2.45, 2.75) is 32.4 Å². The van der Waals surface area contributed by atoms with Gasteiger partial charge in [-0.3, -0.25) is 0 Å². The standard InChI is InChI=1S/C20H22Br2ClN5O.H2S/c1-2-29-18-12(8-13(21)9-15(18)22)10-24-14-4-3-7-28(11-14)20-25-16-5-6-17(23)26-19(16)27-20;/h5-6,8-9,14,24H,2-4,7,10-11H2,1H3,(H,25,26,27);1H2/t14-;/m0./s1. The Morgan fingerprint density at radius 2 is 2.13 bits per heavy atom. The number of aromatic nitrogens is 3. The zero-order chi connectivity index (χ0) is 20.4. The van der Waals surface area contributed by atoms with E-state index >= 15 is 0 Å². The van der Waals surface area contributed by atoms with Crippen LogP contribution in [0.25, 0.3) is 11.2 Å². The molecule has 30 heavy (non-hydrogen) atoms. The third kappa shape index (κ3) is 5.43. The summed E-state index contributed by atoms with van der Waals surface area (Å²) in [5.41, 5.74) is 2.69. The number of nitrogens with zero attached hydrogens (tertiary/aromatic N) is 3. The molecule has 1 aromatic carbocycles. The molecule has 1 saturated heterocycles. The third-order valence-electron chi connectivity index (χ3n) is 4.98. The number of pyridine rings is 1. The number of halogens is 3. The van der Waals surface area contributed by atoms with Crippen molar-refractivity contribution in [3.63, 3.8) is 0 Å². The number of hydrogen-bond acceptors (Lipinski definition) is 5. The van der Waals surface area contributed by atoms with Crippen molar-refractivity contribution in [1.29, 1.82) is 0 Å². The topological polar surface area (TPSA) is 66.1 Å². The van der Waals surface area contributed by atoms with Gasteiger partial charge in [0.1, 0.15) is 10.9 Å². The molecule has 1 aliphatic heterocycles. The van der Waals surface area contributed by atoms with Crippen LogP contribution >= 0.6 is 57.0 Å². The molecule has 3 heterocycles. The monoisotopic (exact) mass is 575 g/mol. The van der Waals surface area contributed by atoms with E-state index in [-0.39, 0.29) is 13.5 Å². The summed E-state index contributed by atoms with van der Waals surface area (Å²) in [5, 5.41) is 4.15. The van der Waals surface area contributed by atoms with Gasteiger partial charge in [-0.05, 0) is 60.0 Å². The molecule has 0 spiro atoms. The first-order chi connectivity index (χ1) is 14.0. The lowest BCUT2D eigenvalue weighted by atomic mass is 10.1. The second kappa shape index (κ2) is 10.5. The molecule has 3 aromatic rings. The number of hydrogen-bond donors (Lipinski definition) is 2. The van der Waals surface area contributed by atoms with Gasteiger partial charge in [0.05, 0.1) is 16.6 Å². The molecule has 1 fully saturated rings. The molecule has 0 radical (unpaired) electrons. The number of piperidine rings is 1. The van der Waals surface area contributed by atoms with E-state index in [0.717, 1.165) is 64.2 Å². The minimum absolute atomic E-state index is 0. The summed E-state index contributed by atoms with van der Waals surface area (Å²) in [6, 6.07) is 8.18. The third-order valence-corrected chi connectivity index (χ3v) is 6.23. The van der Waals surface area contributed by atoms with E-state index in [1.165, 1.54) is 0 Å². The van der Waals surface area contributed by atoms with E-state index in [2.05, 4.69) is 63.1 Å². The Bertz CT molecular complexity index is 1020. The minimum atomic E-state index is 0. The molecule has 1 aliphatic rings. The van der Waals surface area contributed by atoms with Crippen LogP contribution in [0.4, 0.5) is 5.95 Å². The average molecular weight is 578 g/mol. The number of anilines is 1. The quantitative estimate of drug-likeness (QED) is 0.384. The highest BCUT2D eigenvalue weighted by Crippen LogP contribution is 2.33. The maximum Gasteiger partial charge on any atom is 0.205 e. The molecule has 4 rings (SSSR count). The number of aromatic amines is 1. The first-order valence-corrected chi connectivity index (χ1v) is 11.6. The maximum atomic E-state index is 5.99. The summed E-state index contributed by atoms with van der Waals surface area (Å²) in [4.78, 5) is 14.6. The number of imidazole rings is 1. The summed E-state index contributed by atoms with van der Waals surface area (Å²) in [6.07, 6.45) is 2.23. The van der Waals surface area contributed by atoms with E-state index < -0.39 is 0 Å². The predicted molar refractivity (Wildman–Crippen MR) is 134 cm³/mol. The molecule has 2 N–H and O–H groups in total. The second-order valence-electron chi connectivity index (χ2n) is 7.04. The Labute approximate surface area is 204 Å². The fourth-order valence-corrected chi connectivity index (χ4v) is 5.22. The normalized spacial score (nSPS) is 16.5. The zero-order valence-electron chi connectivity index (χ0n) is 16.5. The molecular formula is C20H24Br2ClN5OS. The average Bonchev–Trinajstić information content (AvgIpc) is 3.12. The SMILES string of the molecule is CCOc1c(Br)cc(Br)cc1CN[C@H]1CCCN(c2nc3nc(Cl)ccc3[nH]2)C1.S. The number of rotatable bonds is 6. The smallest absolute Gasteiger partial charge is 0.205 e.